The van der Waals surface area contributed by atoms with E-state index in [-0.39, 0.29) is 19.4 Å². The minimum atomic E-state index is -4.55. The van der Waals surface area contributed by atoms with Gasteiger partial charge in [-0.3, -0.25) is 19.3 Å². The van der Waals surface area contributed by atoms with Gasteiger partial charge in [0.15, 0.2) is 0 Å². The molecule has 9 heteroatoms. The molecule has 0 unspecified atom stereocenters. The van der Waals surface area contributed by atoms with Gasteiger partial charge in [0.05, 0.1) is 0 Å². The average molecular weight is 334 g/mol. The standard InChI is InChI=1S/C13H13F3N2O3S/c14-13(15,16)8-17(5-9-3-4-22-7-9)12(21)6-18-10(19)1-2-11(18)20/h3-4,7H,1-2,5-6,8H2. The number of rotatable bonds is 5. The molecule has 0 spiro atoms. The van der Waals surface area contributed by atoms with Gasteiger partial charge in [0.2, 0.25) is 17.7 Å². The van der Waals surface area contributed by atoms with Crippen molar-refractivity contribution >= 4 is 29.1 Å². The zero-order valence-electron chi connectivity index (χ0n) is 11.4. The largest absolute Gasteiger partial charge is 0.406 e. The van der Waals surface area contributed by atoms with Crippen molar-refractivity contribution in [1.29, 1.82) is 0 Å². The van der Waals surface area contributed by atoms with E-state index >= 15 is 0 Å². The molecule has 0 saturated carbocycles. The lowest BCUT2D eigenvalue weighted by Crippen LogP contribution is -2.45. The second-order valence-electron chi connectivity index (χ2n) is 4.87. The summed E-state index contributed by atoms with van der Waals surface area (Å²) in [7, 11) is 0. The van der Waals surface area contributed by atoms with Crippen molar-refractivity contribution in [2.45, 2.75) is 25.6 Å². The normalized spacial score (nSPS) is 15.5. The van der Waals surface area contributed by atoms with Crippen LogP contribution < -0.4 is 0 Å². The van der Waals surface area contributed by atoms with E-state index in [2.05, 4.69) is 0 Å². The second kappa shape index (κ2) is 6.47. The zero-order valence-corrected chi connectivity index (χ0v) is 12.2. The lowest BCUT2D eigenvalue weighted by atomic mass is 10.3. The van der Waals surface area contributed by atoms with E-state index in [4.69, 9.17) is 0 Å². The molecular formula is C13H13F3N2O3S. The number of likely N-dealkylation sites (tertiary alicyclic amines) is 1. The van der Waals surface area contributed by atoms with Gasteiger partial charge in [0.1, 0.15) is 13.1 Å². The Kier molecular flexibility index (Phi) is 4.84. The van der Waals surface area contributed by atoms with Crippen LogP contribution in [-0.4, -0.2) is 46.8 Å². The van der Waals surface area contributed by atoms with Crippen LogP contribution in [0.25, 0.3) is 0 Å². The number of thiophene rings is 1. The summed E-state index contributed by atoms with van der Waals surface area (Å²) in [4.78, 5) is 36.3. The molecule has 1 aromatic rings. The maximum Gasteiger partial charge on any atom is 0.406 e. The number of halogens is 3. The molecular weight excluding hydrogens is 321 g/mol. The van der Waals surface area contributed by atoms with Gasteiger partial charge in [-0.15, -0.1) is 0 Å². The van der Waals surface area contributed by atoms with E-state index in [0.29, 0.717) is 10.5 Å². The smallest absolute Gasteiger partial charge is 0.328 e. The SMILES string of the molecule is O=C(CN1C(=O)CCC1=O)N(Cc1ccsc1)CC(F)(F)F. The summed E-state index contributed by atoms with van der Waals surface area (Å²) in [5.74, 6) is -1.95. The highest BCUT2D eigenvalue weighted by Crippen LogP contribution is 2.20. The molecule has 1 aliphatic heterocycles. The molecule has 0 atom stereocenters. The molecule has 0 radical (unpaired) electrons. The molecule has 1 aliphatic rings. The highest BCUT2D eigenvalue weighted by molar-refractivity contribution is 7.07. The highest BCUT2D eigenvalue weighted by Gasteiger charge is 2.36. The third kappa shape index (κ3) is 4.30. The van der Waals surface area contributed by atoms with E-state index < -0.39 is 37.0 Å². The number of hydrogen-bond donors (Lipinski definition) is 0. The highest BCUT2D eigenvalue weighted by atomic mass is 32.1. The van der Waals surface area contributed by atoms with Gasteiger partial charge in [-0.1, -0.05) is 0 Å². The third-order valence-electron chi connectivity index (χ3n) is 3.12. The number of carbonyl (C=O) groups excluding carboxylic acids is 3. The Balaban J connectivity index is 2.08. The molecule has 5 nitrogen and oxygen atoms in total. The van der Waals surface area contributed by atoms with Crippen molar-refractivity contribution in [2.24, 2.45) is 0 Å². The Morgan fingerprint density at radius 3 is 2.41 bits per heavy atom. The number of carbonyl (C=O) groups is 3. The average Bonchev–Trinajstić information content (AvgIpc) is 3.01. The Bertz CT molecular complexity index is 556. The third-order valence-corrected chi connectivity index (χ3v) is 3.86. The van der Waals surface area contributed by atoms with Crippen LogP contribution in [0.2, 0.25) is 0 Å². The summed E-state index contributed by atoms with van der Waals surface area (Å²) in [6.07, 6.45) is -4.56. The van der Waals surface area contributed by atoms with Crippen LogP contribution >= 0.6 is 11.3 Å². The zero-order chi connectivity index (χ0) is 16.3. The summed E-state index contributed by atoms with van der Waals surface area (Å²) in [6.45, 7) is -2.27. The second-order valence-corrected chi connectivity index (χ2v) is 5.65. The van der Waals surface area contributed by atoms with Crippen LogP contribution in [0.5, 0.6) is 0 Å². The van der Waals surface area contributed by atoms with Crippen molar-refractivity contribution in [3.05, 3.63) is 22.4 Å². The number of alkyl halides is 3. The molecule has 0 aromatic carbocycles. The lowest BCUT2D eigenvalue weighted by Gasteiger charge is -2.25. The van der Waals surface area contributed by atoms with Crippen LogP contribution in [0.3, 0.4) is 0 Å². The molecule has 3 amide bonds. The Labute approximate surface area is 128 Å². The van der Waals surface area contributed by atoms with E-state index in [9.17, 15) is 27.6 Å². The van der Waals surface area contributed by atoms with Crippen LogP contribution in [0.1, 0.15) is 18.4 Å². The molecule has 2 rings (SSSR count). The predicted octanol–water partition coefficient (Wildman–Crippen LogP) is 1.79. The van der Waals surface area contributed by atoms with Crippen molar-refractivity contribution < 1.29 is 27.6 Å². The Morgan fingerprint density at radius 1 is 1.27 bits per heavy atom. The fraction of sp³-hybridized carbons (Fsp3) is 0.462. The van der Waals surface area contributed by atoms with Crippen LogP contribution in [0, 0.1) is 0 Å². The Morgan fingerprint density at radius 2 is 1.91 bits per heavy atom. The van der Waals surface area contributed by atoms with Gasteiger partial charge in [-0.25, -0.2) is 0 Å². The maximum absolute atomic E-state index is 12.6. The lowest BCUT2D eigenvalue weighted by molar-refractivity contribution is -0.164. The number of imide groups is 1. The number of amides is 3. The Hall–Kier alpha value is -1.90. The van der Waals surface area contributed by atoms with Gasteiger partial charge >= 0.3 is 6.18 Å². The quantitative estimate of drug-likeness (QED) is 0.772. The predicted molar refractivity (Wildman–Crippen MR) is 71.7 cm³/mol. The maximum atomic E-state index is 12.6. The molecule has 1 fully saturated rings. The molecule has 0 N–H and O–H groups in total. The first-order valence-corrected chi connectivity index (χ1v) is 7.39. The minimum Gasteiger partial charge on any atom is -0.328 e. The van der Waals surface area contributed by atoms with Crippen molar-refractivity contribution in [2.75, 3.05) is 13.1 Å². The van der Waals surface area contributed by atoms with E-state index in [1.54, 1.807) is 16.8 Å². The summed E-state index contributed by atoms with van der Waals surface area (Å²) < 4.78 is 37.9. The molecule has 1 saturated heterocycles. The molecule has 0 bridgehead atoms. The molecule has 1 aromatic heterocycles. The van der Waals surface area contributed by atoms with Gasteiger partial charge in [-0.05, 0) is 22.4 Å². The molecule has 120 valence electrons. The summed E-state index contributed by atoms with van der Waals surface area (Å²) in [5, 5.41) is 3.34. The first-order valence-electron chi connectivity index (χ1n) is 6.45. The van der Waals surface area contributed by atoms with Crippen LogP contribution in [0.15, 0.2) is 16.8 Å². The van der Waals surface area contributed by atoms with Crippen LogP contribution in [0.4, 0.5) is 13.2 Å². The molecule has 22 heavy (non-hydrogen) atoms. The minimum absolute atomic E-state index is 0.00405. The van der Waals surface area contributed by atoms with E-state index in [0.717, 1.165) is 4.90 Å². The molecule has 2 heterocycles. The van der Waals surface area contributed by atoms with Crippen molar-refractivity contribution in [3.63, 3.8) is 0 Å². The van der Waals surface area contributed by atoms with Gasteiger partial charge in [0.25, 0.3) is 0 Å². The number of nitrogens with zero attached hydrogens (tertiary/aromatic N) is 2. The van der Waals surface area contributed by atoms with Crippen LogP contribution in [-0.2, 0) is 20.9 Å². The first-order chi connectivity index (χ1) is 10.3. The fourth-order valence-corrected chi connectivity index (χ4v) is 2.75. The number of hydrogen-bond acceptors (Lipinski definition) is 4. The fourth-order valence-electron chi connectivity index (χ4n) is 2.09. The van der Waals surface area contributed by atoms with Gasteiger partial charge < -0.3 is 4.90 Å². The van der Waals surface area contributed by atoms with E-state index in [1.165, 1.54) is 11.3 Å². The summed E-state index contributed by atoms with van der Waals surface area (Å²) in [5.41, 5.74) is 0.571. The summed E-state index contributed by atoms with van der Waals surface area (Å²) in [6, 6.07) is 1.62. The first kappa shape index (κ1) is 16.5. The van der Waals surface area contributed by atoms with Gasteiger partial charge in [0, 0.05) is 19.4 Å². The van der Waals surface area contributed by atoms with Crippen molar-refractivity contribution in [3.8, 4) is 0 Å². The topological polar surface area (TPSA) is 57.7 Å². The summed E-state index contributed by atoms with van der Waals surface area (Å²) >= 11 is 1.31. The molecule has 0 aliphatic carbocycles. The van der Waals surface area contributed by atoms with Crippen molar-refractivity contribution in [1.82, 2.24) is 9.80 Å². The van der Waals surface area contributed by atoms with E-state index in [1.807, 2.05) is 0 Å². The monoisotopic (exact) mass is 334 g/mol. The van der Waals surface area contributed by atoms with Gasteiger partial charge in [-0.2, -0.15) is 24.5 Å².